The highest BCUT2D eigenvalue weighted by Crippen LogP contribution is 2.16. The molecule has 0 aromatic carbocycles. The summed E-state index contributed by atoms with van der Waals surface area (Å²) < 4.78 is 10.2. The lowest BCUT2D eigenvalue weighted by Gasteiger charge is -2.31. The lowest BCUT2D eigenvalue weighted by molar-refractivity contribution is -0.158. The van der Waals surface area contributed by atoms with E-state index in [2.05, 4.69) is 0 Å². The van der Waals surface area contributed by atoms with Gasteiger partial charge in [-0.25, -0.2) is 14.4 Å². The van der Waals surface area contributed by atoms with E-state index in [-0.39, 0.29) is 5.92 Å². The second-order valence-corrected chi connectivity index (χ2v) is 7.81. The van der Waals surface area contributed by atoms with Gasteiger partial charge in [-0.05, 0) is 47.5 Å². The summed E-state index contributed by atoms with van der Waals surface area (Å²) >= 11 is 0. The quantitative estimate of drug-likeness (QED) is 0.624. The Labute approximate surface area is 143 Å². The molecule has 0 bridgehead atoms. The molecule has 0 saturated heterocycles. The topological polar surface area (TPSA) is 94.2 Å². The number of ether oxygens (including phenoxy) is 2. The molecule has 0 aromatic heterocycles. The lowest BCUT2D eigenvalue weighted by Crippen LogP contribution is -2.50. The van der Waals surface area contributed by atoms with Crippen molar-refractivity contribution in [3.8, 4) is 0 Å². The summed E-state index contributed by atoms with van der Waals surface area (Å²) in [6.07, 6.45) is -1.55. The van der Waals surface area contributed by atoms with E-state index < -0.39 is 35.4 Å². The van der Waals surface area contributed by atoms with Gasteiger partial charge in [0, 0.05) is 7.05 Å². The lowest BCUT2D eigenvalue weighted by atomic mass is 10.0. The molecular weight excluding hydrogens is 316 g/mol. The van der Waals surface area contributed by atoms with E-state index in [9.17, 15) is 14.4 Å². The van der Waals surface area contributed by atoms with E-state index in [1.807, 2.05) is 5.48 Å². The minimum Gasteiger partial charge on any atom is -0.444 e. The van der Waals surface area contributed by atoms with Gasteiger partial charge < -0.3 is 14.3 Å². The SMILES string of the molecule is CC(C)[C@@H](C(=O)ONC(=O)OC(C)(C)C)N(C)C(=O)OC(C)(C)C. The van der Waals surface area contributed by atoms with Crippen molar-refractivity contribution in [2.24, 2.45) is 5.92 Å². The van der Waals surface area contributed by atoms with Crippen LogP contribution in [-0.2, 0) is 19.1 Å². The van der Waals surface area contributed by atoms with Crippen molar-refractivity contribution in [1.29, 1.82) is 0 Å². The van der Waals surface area contributed by atoms with Crippen LogP contribution in [-0.4, -0.2) is 47.3 Å². The predicted octanol–water partition coefficient (Wildman–Crippen LogP) is 2.86. The van der Waals surface area contributed by atoms with E-state index in [0.717, 1.165) is 4.90 Å². The van der Waals surface area contributed by atoms with Crippen molar-refractivity contribution < 1.29 is 28.7 Å². The van der Waals surface area contributed by atoms with E-state index >= 15 is 0 Å². The molecule has 0 fully saturated rings. The maximum Gasteiger partial charge on any atom is 0.441 e. The molecule has 0 rings (SSSR count). The molecule has 140 valence electrons. The van der Waals surface area contributed by atoms with Crippen LogP contribution in [0.4, 0.5) is 9.59 Å². The predicted molar refractivity (Wildman–Crippen MR) is 88.1 cm³/mol. The van der Waals surface area contributed by atoms with Crippen molar-refractivity contribution in [2.75, 3.05) is 7.05 Å². The van der Waals surface area contributed by atoms with Crippen LogP contribution >= 0.6 is 0 Å². The van der Waals surface area contributed by atoms with Gasteiger partial charge >= 0.3 is 18.2 Å². The Bertz CT molecular complexity index is 462. The second-order valence-electron chi connectivity index (χ2n) is 7.81. The fourth-order valence-electron chi connectivity index (χ4n) is 1.78. The number of likely N-dealkylation sites (N-methyl/N-ethyl adjacent to an activating group) is 1. The first-order chi connectivity index (χ1) is 10.6. The van der Waals surface area contributed by atoms with E-state index in [4.69, 9.17) is 14.3 Å². The standard InChI is InChI=1S/C16H30N2O6/c1-10(2)11(18(9)14(21)23-16(6,7)8)12(19)24-17-13(20)22-15(3,4)5/h10-11H,1-9H3,(H,17,20)/t11-/m0/s1. The summed E-state index contributed by atoms with van der Waals surface area (Å²) in [4.78, 5) is 41.8. The van der Waals surface area contributed by atoms with Crippen molar-refractivity contribution in [3.63, 3.8) is 0 Å². The molecule has 1 N–H and O–H groups in total. The monoisotopic (exact) mass is 346 g/mol. The van der Waals surface area contributed by atoms with Crippen molar-refractivity contribution in [2.45, 2.75) is 72.6 Å². The van der Waals surface area contributed by atoms with Crippen molar-refractivity contribution >= 4 is 18.2 Å². The zero-order valence-electron chi connectivity index (χ0n) is 16.1. The number of hydrogen-bond acceptors (Lipinski definition) is 6. The zero-order chi connectivity index (χ0) is 19.3. The summed E-state index contributed by atoms with van der Waals surface area (Å²) in [6, 6.07) is -0.921. The fourth-order valence-corrected chi connectivity index (χ4v) is 1.78. The van der Waals surface area contributed by atoms with Crippen LogP contribution in [0, 0.1) is 5.92 Å². The van der Waals surface area contributed by atoms with Crippen LogP contribution in [0.1, 0.15) is 55.4 Å². The molecule has 8 heteroatoms. The summed E-state index contributed by atoms with van der Waals surface area (Å²) in [5.41, 5.74) is 0.517. The number of nitrogens with zero attached hydrogens (tertiary/aromatic N) is 1. The molecule has 0 saturated carbocycles. The van der Waals surface area contributed by atoms with Crippen LogP contribution in [0.3, 0.4) is 0 Å². The molecule has 24 heavy (non-hydrogen) atoms. The molecule has 0 radical (unpaired) electrons. The third-order valence-electron chi connectivity index (χ3n) is 2.61. The molecule has 8 nitrogen and oxygen atoms in total. The Morgan fingerprint density at radius 1 is 0.917 bits per heavy atom. The van der Waals surface area contributed by atoms with Crippen LogP contribution in [0.5, 0.6) is 0 Å². The van der Waals surface area contributed by atoms with Gasteiger partial charge in [-0.2, -0.15) is 0 Å². The van der Waals surface area contributed by atoms with Crippen LogP contribution in [0.15, 0.2) is 0 Å². The van der Waals surface area contributed by atoms with E-state index in [1.54, 1.807) is 55.4 Å². The van der Waals surface area contributed by atoms with Crippen LogP contribution in [0.2, 0.25) is 0 Å². The first-order valence-electron chi connectivity index (χ1n) is 7.79. The second kappa shape index (κ2) is 8.21. The Morgan fingerprint density at radius 3 is 1.75 bits per heavy atom. The van der Waals surface area contributed by atoms with Crippen LogP contribution < -0.4 is 5.48 Å². The summed E-state index contributed by atoms with van der Waals surface area (Å²) in [7, 11) is 1.44. The summed E-state index contributed by atoms with van der Waals surface area (Å²) in [5, 5.41) is 0. The van der Waals surface area contributed by atoms with Gasteiger partial charge in [-0.15, -0.1) is 5.48 Å². The first-order valence-corrected chi connectivity index (χ1v) is 7.79. The Kier molecular flexibility index (Phi) is 7.53. The molecule has 0 aromatic rings. The number of nitrogens with one attached hydrogen (secondary N) is 1. The third kappa shape index (κ3) is 8.59. The van der Waals surface area contributed by atoms with Gasteiger partial charge in [0.05, 0.1) is 0 Å². The third-order valence-corrected chi connectivity index (χ3v) is 2.61. The van der Waals surface area contributed by atoms with Crippen LogP contribution in [0.25, 0.3) is 0 Å². The largest absolute Gasteiger partial charge is 0.444 e. The average Bonchev–Trinajstić information content (AvgIpc) is 2.31. The molecule has 0 spiro atoms. The maximum absolute atomic E-state index is 12.2. The highest BCUT2D eigenvalue weighted by atomic mass is 16.7. The fraction of sp³-hybridized carbons (Fsp3) is 0.812. The molecule has 2 amide bonds. The van der Waals surface area contributed by atoms with Gasteiger partial charge in [-0.1, -0.05) is 13.8 Å². The highest BCUT2D eigenvalue weighted by molar-refractivity contribution is 5.82. The normalized spacial score (nSPS) is 13.1. The Balaban J connectivity index is 4.84. The number of carbonyl (C=O) groups is 3. The summed E-state index contributed by atoms with van der Waals surface area (Å²) in [6.45, 7) is 13.7. The highest BCUT2D eigenvalue weighted by Gasteiger charge is 2.34. The van der Waals surface area contributed by atoms with E-state index in [0.29, 0.717) is 0 Å². The maximum atomic E-state index is 12.2. The first kappa shape index (κ1) is 22.0. The van der Waals surface area contributed by atoms with Gasteiger partial charge in [0.2, 0.25) is 0 Å². The number of carbonyl (C=O) groups excluding carboxylic acids is 3. The Morgan fingerprint density at radius 2 is 1.38 bits per heavy atom. The van der Waals surface area contributed by atoms with Crippen molar-refractivity contribution in [3.05, 3.63) is 0 Å². The summed E-state index contributed by atoms with van der Waals surface area (Å²) in [5.74, 6) is -1.04. The number of hydroxylamine groups is 1. The minimum absolute atomic E-state index is 0.254. The number of amides is 2. The average molecular weight is 346 g/mol. The van der Waals surface area contributed by atoms with Gasteiger partial charge in [0.1, 0.15) is 17.2 Å². The molecule has 0 heterocycles. The smallest absolute Gasteiger partial charge is 0.441 e. The van der Waals surface area contributed by atoms with Gasteiger partial charge in [0.25, 0.3) is 0 Å². The molecule has 0 aliphatic carbocycles. The zero-order valence-corrected chi connectivity index (χ0v) is 16.1. The molecular formula is C16H30N2O6. The minimum atomic E-state index is -0.921. The molecule has 0 unspecified atom stereocenters. The molecule has 1 atom stereocenters. The molecule has 0 aliphatic heterocycles. The molecule has 0 aliphatic rings. The van der Waals surface area contributed by atoms with Crippen molar-refractivity contribution in [1.82, 2.24) is 10.4 Å². The van der Waals surface area contributed by atoms with Gasteiger partial charge in [0.15, 0.2) is 0 Å². The number of hydrogen-bond donors (Lipinski definition) is 1. The van der Waals surface area contributed by atoms with E-state index in [1.165, 1.54) is 7.05 Å². The number of rotatable bonds is 3. The Hall–Kier alpha value is -1.99. The van der Waals surface area contributed by atoms with Gasteiger partial charge in [-0.3, -0.25) is 4.90 Å².